The van der Waals surface area contributed by atoms with Crippen molar-refractivity contribution >= 4 is 17.3 Å². The van der Waals surface area contributed by atoms with Gasteiger partial charge in [0.15, 0.2) is 0 Å². The molecule has 0 atom stereocenters. The van der Waals surface area contributed by atoms with Crippen LogP contribution in [-0.2, 0) is 11.2 Å². The Bertz CT molecular complexity index is 549. The second kappa shape index (κ2) is 6.75. The number of rotatable bonds is 5. The third-order valence-corrected chi connectivity index (χ3v) is 3.22. The van der Waals surface area contributed by atoms with Crippen LogP contribution in [0.4, 0.5) is 11.4 Å². The molecule has 0 radical (unpaired) electrons. The Morgan fingerprint density at radius 2 is 1.70 bits per heavy atom. The van der Waals surface area contributed by atoms with Crippen LogP contribution in [0, 0.1) is 0 Å². The van der Waals surface area contributed by atoms with Crippen LogP contribution >= 0.6 is 0 Å². The zero-order chi connectivity index (χ0) is 14.4. The fourth-order valence-electron chi connectivity index (χ4n) is 2.01. The molecule has 0 unspecified atom stereocenters. The predicted molar refractivity (Wildman–Crippen MR) is 84.2 cm³/mol. The van der Waals surface area contributed by atoms with Gasteiger partial charge in [0.1, 0.15) is 0 Å². The lowest BCUT2D eigenvalue weighted by atomic mass is 10.1. The molecule has 0 aliphatic heterocycles. The van der Waals surface area contributed by atoms with Crippen molar-refractivity contribution in [1.82, 2.24) is 0 Å². The molecule has 0 heterocycles. The molecule has 0 spiro atoms. The summed E-state index contributed by atoms with van der Waals surface area (Å²) in [6.07, 6.45) is 1.00. The molecular weight excluding hydrogens is 248 g/mol. The van der Waals surface area contributed by atoms with E-state index in [4.69, 9.17) is 0 Å². The standard InChI is InChI=1S/C17H20N2O/c1-3-14-9-11-15(12-10-14)18-17(20)13-19(2)16-7-5-4-6-8-16/h4-12H,3,13H2,1-2H3,(H,18,20). The third kappa shape index (κ3) is 3.85. The fraction of sp³-hybridized carbons (Fsp3) is 0.235. The lowest BCUT2D eigenvalue weighted by molar-refractivity contribution is -0.114. The smallest absolute Gasteiger partial charge is 0.243 e. The minimum absolute atomic E-state index is 0.0133. The molecule has 1 N–H and O–H groups in total. The van der Waals surface area contributed by atoms with Gasteiger partial charge in [0.25, 0.3) is 0 Å². The number of anilines is 2. The van der Waals surface area contributed by atoms with Crippen molar-refractivity contribution in [3.8, 4) is 0 Å². The molecule has 20 heavy (non-hydrogen) atoms. The molecule has 3 heteroatoms. The van der Waals surface area contributed by atoms with Crippen LogP contribution in [0.5, 0.6) is 0 Å². The van der Waals surface area contributed by atoms with E-state index in [1.165, 1.54) is 5.56 Å². The summed E-state index contributed by atoms with van der Waals surface area (Å²) >= 11 is 0. The second-order valence-electron chi connectivity index (χ2n) is 4.79. The minimum Gasteiger partial charge on any atom is -0.365 e. The molecule has 2 aromatic carbocycles. The van der Waals surface area contributed by atoms with Crippen molar-refractivity contribution in [1.29, 1.82) is 0 Å². The average Bonchev–Trinajstić information content (AvgIpc) is 2.49. The number of hydrogen-bond acceptors (Lipinski definition) is 2. The first-order valence-corrected chi connectivity index (χ1v) is 6.84. The zero-order valence-electron chi connectivity index (χ0n) is 12.0. The molecular formula is C17H20N2O. The van der Waals surface area contributed by atoms with Crippen LogP contribution in [0.25, 0.3) is 0 Å². The van der Waals surface area contributed by atoms with E-state index < -0.39 is 0 Å². The quantitative estimate of drug-likeness (QED) is 0.902. The summed E-state index contributed by atoms with van der Waals surface area (Å²) in [4.78, 5) is 13.9. The van der Waals surface area contributed by atoms with Gasteiger partial charge >= 0.3 is 0 Å². The Hall–Kier alpha value is -2.29. The number of hydrogen-bond donors (Lipinski definition) is 1. The largest absolute Gasteiger partial charge is 0.365 e. The summed E-state index contributed by atoms with van der Waals surface area (Å²) in [6.45, 7) is 2.45. The third-order valence-electron chi connectivity index (χ3n) is 3.22. The maximum Gasteiger partial charge on any atom is 0.243 e. The Balaban J connectivity index is 1.91. The Morgan fingerprint density at radius 3 is 2.30 bits per heavy atom. The number of carbonyl (C=O) groups is 1. The van der Waals surface area contributed by atoms with Gasteiger partial charge in [-0.15, -0.1) is 0 Å². The molecule has 0 aromatic heterocycles. The number of amides is 1. The first-order chi connectivity index (χ1) is 9.69. The predicted octanol–water partition coefficient (Wildman–Crippen LogP) is 3.32. The Labute approximate surface area is 120 Å². The number of benzene rings is 2. The molecule has 0 bridgehead atoms. The van der Waals surface area contributed by atoms with Gasteiger partial charge in [0.2, 0.25) is 5.91 Å². The highest BCUT2D eigenvalue weighted by atomic mass is 16.2. The van der Waals surface area contributed by atoms with E-state index >= 15 is 0 Å². The monoisotopic (exact) mass is 268 g/mol. The zero-order valence-corrected chi connectivity index (χ0v) is 12.0. The average molecular weight is 268 g/mol. The van der Waals surface area contributed by atoms with Gasteiger partial charge in [-0.2, -0.15) is 0 Å². The molecule has 2 aromatic rings. The van der Waals surface area contributed by atoms with Crippen LogP contribution in [0.2, 0.25) is 0 Å². The highest BCUT2D eigenvalue weighted by Gasteiger charge is 2.07. The van der Waals surface area contributed by atoms with Gasteiger partial charge in [-0.05, 0) is 36.2 Å². The highest BCUT2D eigenvalue weighted by Crippen LogP contribution is 2.12. The van der Waals surface area contributed by atoms with Crippen molar-refractivity contribution in [3.63, 3.8) is 0 Å². The molecule has 2 rings (SSSR count). The van der Waals surface area contributed by atoms with Crippen molar-refractivity contribution in [2.75, 3.05) is 23.8 Å². The van der Waals surface area contributed by atoms with Gasteiger partial charge in [-0.25, -0.2) is 0 Å². The molecule has 0 fully saturated rings. The number of para-hydroxylation sites is 1. The maximum atomic E-state index is 12.0. The summed E-state index contributed by atoms with van der Waals surface area (Å²) in [6, 6.07) is 17.8. The number of nitrogens with zero attached hydrogens (tertiary/aromatic N) is 1. The molecule has 3 nitrogen and oxygen atoms in total. The molecule has 0 saturated carbocycles. The van der Waals surface area contributed by atoms with Crippen LogP contribution < -0.4 is 10.2 Å². The summed E-state index contributed by atoms with van der Waals surface area (Å²) < 4.78 is 0. The number of aryl methyl sites for hydroxylation is 1. The van der Waals surface area contributed by atoms with Gasteiger partial charge in [0.05, 0.1) is 6.54 Å². The van der Waals surface area contributed by atoms with E-state index in [1.54, 1.807) is 0 Å². The SMILES string of the molecule is CCc1ccc(NC(=O)CN(C)c2ccccc2)cc1. The molecule has 0 aliphatic carbocycles. The van der Waals surface area contributed by atoms with E-state index in [1.807, 2.05) is 66.5 Å². The van der Waals surface area contributed by atoms with E-state index in [0.717, 1.165) is 17.8 Å². The number of likely N-dealkylation sites (N-methyl/N-ethyl adjacent to an activating group) is 1. The molecule has 0 saturated heterocycles. The highest BCUT2D eigenvalue weighted by molar-refractivity contribution is 5.94. The van der Waals surface area contributed by atoms with Crippen LogP contribution in [0.15, 0.2) is 54.6 Å². The van der Waals surface area contributed by atoms with Crippen LogP contribution in [0.3, 0.4) is 0 Å². The van der Waals surface area contributed by atoms with Crippen molar-refractivity contribution in [3.05, 3.63) is 60.2 Å². The summed E-state index contributed by atoms with van der Waals surface area (Å²) in [7, 11) is 1.91. The van der Waals surface area contributed by atoms with Crippen LogP contribution in [-0.4, -0.2) is 19.5 Å². The van der Waals surface area contributed by atoms with Gasteiger partial charge < -0.3 is 10.2 Å². The van der Waals surface area contributed by atoms with E-state index in [0.29, 0.717) is 6.54 Å². The second-order valence-corrected chi connectivity index (χ2v) is 4.79. The Kier molecular flexibility index (Phi) is 4.77. The topological polar surface area (TPSA) is 32.3 Å². The summed E-state index contributed by atoms with van der Waals surface area (Å²) in [5, 5.41) is 2.91. The van der Waals surface area contributed by atoms with Crippen molar-refractivity contribution in [2.45, 2.75) is 13.3 Å². The van der Waals surface area contributed by atoms with Crippen molar-refractivity contribution in [2.24, 2.45) is 0 Å². The van der Waals surface area contributed by atoms with E-state index in [9.17, 15) is 4.79 Å². The molecule has 104 valence electrons. The first kappa shape index (κ1) is 14.1. The maximum absolute atomic E-state index is 12.0. The molecule has 1 amide bonds. The van der Waals surface area contributed by atoms with Gasteiger partial charge in [-0.1, -0.05) is 37.3 Å². The van der Waals surface area contributed by atoms with Crippen LogP contribution in [0.1, 0.15) is 12.5 Å². The fourth-order valence-corrected chi connectivity index (χ4v) is 2.01. The number of nitrogens with one attached hydrogen (secondary N) is 1. The molecule has 0 aliphatic rings. The van der Waals surface area contributed by atoms with E-state index in [-0.39, 0.29) is 5.91 Å². The lowest BCUT2D eigenvalue weighted by Gasteiger charge is -2.18. The van der Waals surface area contributed by atoms with Gasteiger partial charge in [0, 0.05) is 18.4 Å². The van der Waals surface area contributed by atoms with Crippen molar-refractivity contribution < 1.29 is 4.79 Å². The van der Waals surface area contributed by atoms with E-state index in [2.05, 4.69) is 12.2 Å². The lowest BCUT2D eigenvalue weighted by Crippen LogP contribution is -2.29. The minimum atomic E-state index is -0.0133. The summed E-state index contributed by atoms with van der Waals surface area (Å²) in [5.41, 5.74) is 3.14. The normalized spacial score (nSPS) is 10.1. The Morgan fingerprint density at radius 1 is 1.05 bits per heavy atom. The first-order valence-electron chi connectivity index (χ1n) is 6.84. The van der Waals surface area contributed by atoms with Gasteiger partial charge in [-0.3, -0.25) is 4.79 Å². The summed E-state index contributed by atoms with van der Waals surface area (Å²) in [5.74, 6) is -0.0133. The number of carbonyl (C=O) groups excluding carboxylic acids is 1.